The largest absolute Gasteiger partial charge is 0.480 e. The van der Waals surface area contributed by atoms with E-state index in [2.05, 4.69) is 5.32 Å². The Balaban J connectivity index is 2.22. The SMILES string of the molecule is CC(C)(C)OC(=O)N[C@H](Cc1ccc(Cl)cc1)C(=O)N1CCCC[C@H]1C(=O)O. The van der Waals surface area contributed by atoms with Crippen LogP contribution in [0.3, 0.4) is 0 Å². The minimum absolute atomic E-state index is 0.206. The van der Waals surface area contributed by atoms with Gasteiger partial charge < -0.3 is 20.1 Å². The maximum Gasteiger partial charge on any atom is 0.408 e. The molecular weight excluding hydrogens is 384 g/mol. The Morgan fingerprint density at radius 3 is 2.46 bits per heavy atom. The third-order valence-electron chi connectivity index (χ3n) is 4.41. The number of carbonyl (C=O) groups excluding carboxylic acids is 2. The Labute approximate surface area is 170 Å². The molecule has 1 aromatic rings. The van der Waals surface area contributed by atoms with Crippen LogP contribution in [0.2, 0.25) is 5.02 Å². The molecule has 1 saturated heterocycles. The smallest absolute Gasteiger partial charge is 0.408 e. The molecule has 2 N–H and O–H groups in total. The molecule has 7 nitrogen and oxygen atoms in total. The van der Waals surface area contributed by atoms with E-state index >= 15 is 0 Å². The molecule has 0 saturated carbocycles. The molecular formula is C20H27ClN2O5. The minimum atomic E-state index is -1.03. The Morgan fingerprint density at radius 1 is 1.25 bits per heavy atom. The topological polar surface area (TPSA) is 95.9 Å². The molecule has 1 heterocycles. The summed E-state index contributed by atoms with van der Waals surface area (Å²) in [5.41, 5.74) is 0.0786. The van der Waals surface area contributed by atoms with Crippen molar-refractivity contribution in [3.63, 3.8) is 0 Å². The number of ether oxygens (including phenoxy) is 1. The Bertz CT molecular complexity index is 714. The molecule has 1 aromatic carbocycles. The number of likely N-dealkylation sites (tertiary alicyclic amines) is 1. The average Bonchev–Trinajstić information content (AvgIpc) is 2.60. The highest BCUT2D eigenvalue weighted by Crippen LogP contribution is 2.20. The highest BCUT2D eigenvalue weighted by Gasteiger charge is 2.36. The fourth-order valence-electron chi connectivity index (χ4n) is 3.16. The second-order valence-corrected chi connectivity index (χ2v) is 8.35. The van der Waals surface area contributed by atoms with Crippen LogP contribution in [0.25, 0.3) is 0 Å². The molecule has 0 radical (unpaired) electrons. The summed E-state index contributed by atoms with van der Waals surface area (Å²) in [6.07, 6.45) is 1.38. The highest BCUT2D eigenvalue weighted by atomic mass is 35.5. The summed E-state index contributed by atoms with van der Waals surface area (Å²) in [4.78, 5) is 38.4. The maximum atomic E-state index is 13.2. The first kappa shape index (κ1) is 22.0. The number of hydrogen-bond donors (Lipinski definition) is 2. The number of rotatable bonds is 5. The predicted molar refractivity (Wildman–Crippen MR) is 105 cm³/mol. The lowest BCUT2D eigenvalue weighted by Gasteiger charge is -2.35. The van der Waals surface area contributed by atoms with Gasteiger partial charge in [0.05, 0.1) is 0 Å². The van der Waals surface area contributed by atoms with Crippen LogP contribution in [0.4, 0.5) is 4.79 Å². The number of amides is 2. The summed E-state index contributed by atoms with van der Waals surface area (Å²) in [7, 11) is 0. The van der Waals surface area contributed by atoms with E-state index in [-0.39, 0.29) is 6.42 Å². The van der Waals surface area contributed by atoms with Crippen LogP contribution in [0.5, 0.6) is 0 Å². The van der Waals surface area contributed by atoms with Gasteiger partial charge in [0, 0.05) is 18.0 Å². The average molecular weight is 411 g/mol. The van der Waals surface area contributed by atoms with Gasteiger partial charge in [-0.2, -0.15) is 0 Å². The molecule has 8 heteroatoms. The van der Waals surface area contributed by atoms with Crippen LogP contribution in [-0.4, -0.2) is 52.2 Å². The van der Waals surface area contributed by atoms with Crippen LogP contribution in [0.15, 0.2) is 24.3 Å². The lowest BCUT2D eigenvalue weighted by molar-refractivity contribution is -0.152. The summed E-state index contributed by atoms with van der Waals surface area (Å²) < 4.78 is 5.28. The molecule has 0 bridgehead atoms. The van der Waals surface area contributed by atoms with Gasteiger partial charge in [-0.1, -0.05) is 23.7 Å². The molecule has 154 valence electrons. The first-order valence-corrected chi connectivity index (χ1v) is 9.72. The number of nitrogens with one attached hydrogen (secondary N) is 1. The summed E-state index contributed by atoms with van der Waals surface area (Å²) in [6, 6.07) is 5.12. The number of aliphatic carboxylic acids is 1. The summed E-state index contributed by atoms with van der Waals surface area (Å²) in [5, 5.41) is 12.7. The number of piperidine rings is 1. The number of halogens is 1. The lowest BCUT2D eigenvalue weighted by Crippen LogP contribution is -2.56. The first-order chi connectivity index (χ1) is 13.1. The van der Waals surface area contributed by atoms with Gasteiger partial charge in [-0.25, -0.2) is 9.59 Å². The van der Waals surface area contributed by atoms with Crippen molar-refractivity contribution in [2.75, 3.05) is 6.54 Å². The normalized spacial score (nSPS) is 18.3. The number of nitrogens with zero attached hydrogens (tertiary/aromatic N) is 1. The van der Waals surface area contributed by atoms with Gasteiger partial charge in [-0.05, 0) is 57.7 Å². The molecule has 0 unspecified atom stereocenters. The standard InChI is InChI=1S/C20H27ClN2O5/c1-20(2,3)28-19(27)22-15(12-13-7-9-14(21)10-8-13)17(24)23-11-5-4-6-16(23)18(25)26/h7-10,15-16H,4-6,11-12H2,1-3H3,(H,22,27)(H,25,26)/t15-,16+/m1/s1. The zero-order valence-electron chi connectivity index (χ0n) is 16.4. The molecule has 0 aromatic heterocycles. The van der Waals surface area contributed by atoms with Crippen molar-refractivity contribution in [2.24, 2.45) is 0 Å². The number of carboxylic acids is 1. The van der Waals surface area contributed by atoms with E-state index in [0.29, 0.717) is 18.0 Å². The third kappa shape index (κ3) is 6.41. The van der Waals surface area contributed by atoms with E-state index in [1.54, 1.807) is 45.0 Å². The Kier molecular flexibility index (Phi) is 7.29. The van der Waals surface area contributed by atoms with E-state index in [4.69, 9.17) is 16.3 Å². The van der Waals surface area contributed by atoms with Crippen molar-refractivity contribution in [3.05, 3.63) is 34.9 Å². The molecule has 28 heavy (non-hydrogen) atoms. The highest BCUT2D eigenvalue weighted by molar-refractivity contribution is 6.30. The van der Waals surface area contributed by atoms with E-state index in [9.17, 15) is 19.5 Å². The molecule has 1 fully saturated rings. The van der Waals surface area contributed by atoms with E-state index in [0.717, 1.165) is 18.4 Å². The van der Waals surface area contributed by atoms with Gasteiger partial charge in [0.1, 0.15) is 17.7 Å². The van der Waals surface area contributed by atoms with Crippen molar-refractivity contribution in [2.45, 2.75) is 64.1 Å². The van der Waals surface area contributed by atoms with Gasteiger partial charge in [-0.3, -0.25) is 4.79 Å². The van der Waals surface area contributed by atoms with Crippen molar-refractivity contribution in [3.8, 4) is 0 Å². The fraction of sp³-hybridized carbons (Fsp3) is 0.550. The number of alkyl carbamates (subject to hydrolysis) is 1. The van der Waals surface area contributed by atoms with Gasteiger partial charge in [0.25, 0.3) is 0 Å². The maximum absolute atomic E-state index is 13.2. The molecule has 2 rings (SSSR count). The van der Waals surface area contributed by atoms with E-state index < -0.39 is 35.7 Å². The van der Waals surface area contributed by atoms with E-state index in [1.165, 1.54) is 4.90 Å². The molecule has 0 aliphatic carbocycles. The Morgan fingerprint density at radius 2 is 1.89 bits per heavy atom. The summed E-state index contributed by atoms with van der Waals surface area (Å²) >= 11 is 5.91. The Hall–Kier alpha value is -2.28. The molecule has 2 atom stereocenters. The molecule has 2 amide bonds. The van der Waals surface area contributed by atoms with E-state index in [1.807, 2.05) is 0 Å². The third-order valence-corrected chi connectivity index (χ3v) is 4.67. The predicted octanol–water partition coefficient (Wildman–Crippen LogP) is 3.24. The lowest BCUT2D eigenvalue weighted by atomic mass is 9.99. The van der Waals surface area contributed by atoms with Crippen LogP contribution in [0.1, 0.15) is 45.6 Å². The van der Waals surface area contributed by atoms with Crippen LogP contribution >= 0.6 is 11.6 Å². The van der Waals surface area contributed by atoms with Gasteiger partial charge in [0.15, 0.2) is 0 Å². The number of benzene rings is 1. The number of carboxylic acid groups (broad SMARTS) is 1. The fourth-order valence-corrected chi connectivity index (χ4v) is 3.28. The van der Waals surface area contributed by atoms with Gasteiger partial charge in [-0.15, -0.1) is 0 Å². The van der Waals surface area contributed by atoms with Gasteiger partial charge in [0.2, 0.25) is 5.91 Å². The zero-order chi connectivity index (χ0) is 20.9. The van der Waals surface area contributed by atoms with Crippen LogP contribution < -0.4 is 5.32 Å². The zero-order valence-corrected chi connectivity index (χ0v) is 17.2. The van der Waals surface area contributed by atoms with Crippen molar-refractivity contribution in [1.29, 1.82) is 0 Å². The molecule has 1 aliphatic rings. The molecule has 0 spiro atoms. The van der Waals surface area contributed by atoms with Gasteiger partial charge >= 0.3 is 12.1 Å². The number of hydrogen-bond acceptors (Lipinski definition) is 4. The van der Waals surface area contributed by atoms with Crippen molar-refractivity contribution in [1.82, 2.24) is 10.2 Å². The first-order valence-electron chi connectivity index (χ1n) is 9.34. The monoisotopic (exact) mass is 410 g/mol. The minimum Gasteiger partial charge on any atom is -0.480 e. The second kappa shape index (κ2) is 9.28. The second-order valence-electron chi connectivity index (χ2n) is 7.91. The quantitative estimate of drug-likeness (QED) is 0.776. The molecule has 1 aliphatic heterocycles. The summed E-state index contributed by atoms with van der Waals surface area (Å²) in [5.74, 6) is -1.46. The van der Waals surface area contributed by atoms with Crippen molar-refractivity contribution < 1.29 is 24.2 Å². The van der Waals surface area contributed by atoms with Crippen LogP contribution in [0, 0.1) is 0 Å². The van der Waals surface area contributed by atoms with Crippen molar-refractivity contribution >= 4 is 29.6 Å². The summed E-state index contributed by atoms with van der Waals surface area (Å²) in [6.45, 7) is 5.54. The van der Waals surface area contributed by atoms with Crippen LogP contribution in [-0.2, 0) is 20.7 Å². The number of carbonyl (C=O) groups is 3.